The van der Waals surface area contributed by atoms with E-state index in [0.717, 1.165) is 23.5 Å². The summed E-state index contributed by atoms with van der Waals surface area (Å²) in [5.74, 6) is 0. The quantitative estimate of drug-likeness (QED) is 0.574. The molecule has 1 unspecified atom stereocenters. The van der Waals surface area contributed by atoms with E-state index < -0.39 is 0 Å². The van der Waals surface area contributed by atoms with E-state index >= 15 is 0 Å². The Morgan fingerprint density at radius 1 is 0.654 bits per heavy atom. The molecule has 2 N–H and O–H groups in total. The topological polar surface area (TPSA) is 24.1 Å². The van der Waals surface area contributed by atoms with Crippen molar-refractivity contribution in [3.8, 4) is 0 Å². The summed E-state index contributed by atoms with van der Waals surface area (Å²) in [4.78, 5) is 0. The predicted octanol–water partition coefficient (Wildman–Crippen LogP) is 6.25. The van der Waals surface area contributed by atoms with Gasteiger partial charge in [0.05, 0.1) is 0 Å². The Labute approximate surface area is 154 Å². The van der Waals surface area contributed by atoms with Crippen LogP contribution in [0.4, 0.5) is 17.1 Å². The highest BCUT2D eigenvalue weighted by molar-refractivity contribution is 5.76. The standard InChI is InChI=1S/C24H22N2/c1-3-7-21(8-4-1)25-23-15-11-19(12-16-23)20-13-17-24(18-14-20)26-22-9-5-2-6-10-22/h1-17,24-26H,18H2. The summed E-state index contributed by atoms with van der Waals surface area (Å²) < 4.78 is 0. The Bertz CT molecular complexity index is 894. The SMILES string of the molecule is C1=CC(Nc2ccccc2)CC=C1c1ccc(Nc2ccccc2)cc1. The lowest BCUT2D eigenvalue weighted by Crippen LogP contribution is -2.17. The van der Waals surface area contributed by atoms with Crippen LogP contribution >= 0.6 is 0 Å². The summed E-state index contributed by atoms with van der Waals surface area (Å²) in [7, 11) is 0. The summed E-state index contributed by atoms with van der Waals surface area (Å²) in [5, 5.41) is 6.97. The molecule has 2 nitrogen and oxygen atoms in total. The molecule has 3 aromatic rings. The summed E-state index contributed by atoms with van der Waals surface area (Å²) in [6.07, 6.45) is 7.76. The van der Waals surface area contributed by atoms with Crippen LogP contribution in [0.2, 0.25) is 0 Å². The maximum absolute atomic E-state index is 3.55. The van der Waals surface area contributed by atoms with Crippen molar-refractivity contribution in [1.82, 2.24) is 0 Å². The fourth-order valence-electron chi connectivity index (χ4n) is 3.12. The molecule has 1 aliphatic rings. The average Bonchev–Trinajstić information content (AvgIpc) is 2.71. The number of rotatable bonds is 5. The maximum atomic E-state index is 3.55. The van der Waals surface area contributed by atoms with Crippen molar-refractivity contribution in [2.45, 2.75) is 12.5 Å². The third-order valence-electron chi connectivity index (χ3n) is 4.51. The van der Waals surface area contributed by atoms with Gasteiger partial charge < -0.3 is 10.6 Å². The molecule has 26 heavy (non-hydrogen) atoms. The van der Waals surface area contributed by atoms with E-state index in [-0.39, 0.29) is 0 Å². The molecule has 0 heterocycles. The first-order valence-corrected chi connectivity index (χ1v) is 8.99. The highest BCUT2D eigenvalue weighted by Gasteiger charge is 2.09. The maximum Gasteiger partial charge on any atom is 0.0482 e. The molecule has 0 amide bonds. The number of hydrogen-bond acceptors (Lipinski definition) is 2. The van der Waals surface area contributed by atoms with E-state index in [1.807, 2.05) is 24.3 Å². The van der Waals surface area contributed by atoms with Gasteiger partial charge in [0.1, 0.15) is 0 Å². The highest BCUT2D eigenvalue weighted by Crippen LogP contribution is 2.25. The minimum atomic E-state index is 0.347. The molecule has 0 saturated heterocycles. The van der Waals surface area contributed by atoms with Crippen LogP contribution in [0, 0.1) is 0 Å². The molecule has 3 aromatic carbocycles. The zero-order valence-electron chi connectivity index (χ0n) is 14.6. The van der Waals surface area contributed by atoms with E-state index in [1.54, 1.807) is 0 Å². The van der Waals surface area contributed by atoms with Gasteiger partial charge in [-0.05, 0) is 54.0 Å². The van der Waals surface area contributed by atoms with Crippen LogP contribution < -0.4 is 10.6 Å². The lowest BCUT2D eigenvalue weighted by atomic mass is 9.97. The Hall–Kier alpha value is -3.26. The first kappa shape index (κ1) is 16.2. The number of benzene rings is 3. The number of anilines is 3. The van der Waals surface area contributed by atoms with Crippen molar-refractivity contribution in [2.24, 2.45) is 0 Å². The van der Waals surface area contributed by atoms with Crippen molar-refractivity contribution in [3.05, 3.63) is 109 Å². The number of para-hydroxylation sites is 2. The zero-order valence-corrected chi connectivity index (χ0v) is 14.6. The van der Waals surface area contributed by atoms with E-state index in [9.17, 15) is 0 Å². The third kappa shape index (κ3) is 4.04. The number of nitrogens with one attached hydrogen (secondary N) is 2. The normalized spacial score (nSPS) is 16.0. The van der Waals surface area contributed by atoms with E-state index in [0.29, 0.717) is 6.04 Å². The molecular weight excluding hydrogens is 316 g/mol. The molecule has 2 heteroatoms. The summed E-state index contributed by atoms with van der Waals surface area (Å²) in [6.45, 7) is 0. The average molecular weight is 338 g/mol. The van der Waals surface area contributed by atoms with Crippen LogP contribution in [-0.2, 0) is 0 Å². The Kier molecular flexibility index (Phi) is 4.83. The van der Waals surface area contributed by atoms with Gasteiger partial charge in [0.2, 0.25) is 0 Å². The predicted molar refractivity (Wildman–Crippen MR) is 112 cm³/mol. The minimum absolute atomic E-state index is 0.347. The molecule has 0 aromatic heterocycles. The second-order valence-electron chi connectivity index (χ2n) is 6.44. The second-order valence-corrected chi connectivity index (χ2v) is 6.44. The Morgan fingerprint density at radius 3 is 1.88 bits per heavy atom. The lowest BCUT2D eigenvalue weighted by Gasteiger charge is -2.19. The van der Waals surface area contributed by atoms with Crippen LogP contribution in [0.5, 0.6) is 0 Å². The van der Waals surface area contributed by atoms with E-state index in [1.165, 1.54) is 11.1 Å². The van der Waals surface area contributed by atoms with Gasteiger partial charge in [0, 0.05) is 23.1 Å². The molecule has 0 radical (unpaired) electrons. The molecule has 0 bridgehead atoms. The van der Waals surface area contributed by atoms with Crippen LogP contribution in [0.3, 0.4) is 0 Å². The molecule has 128 valence electrons. The second kappa shape index (κ2) is 7.75. The third-order valence-corrected chi connectivity index (χ3v) is 4.51. The molecule has 0 aliphatic heterocycles. The van der Waals surface area contributed by atoms with Gasteiger partial charge in [-0.1, -0.05) is 66.8 Å². The van der Waals surface area contributed by atoms with E-state index in [4.69, 9.17) is 0 Å². The highest BCUT2D eigenvalue weighted by atomic mass is 14.9. The van der Waals surface area contributed by atoms with Crippen molar-refractivity contribution in [1.29, 1.82) is 0 Å². The smallest absolute Gasteiger partial charge is 0.0482 e. The summed E-state index contributed by atoms with van der Waals surface area (Å²) in [5.41, 5.74) is 5.89. The van der Waals surface area contributed by atoms with Crippen molar-refractivity contribution in [3.63, 3.8) is 0 Å². The molecule has 1 atom stereocenters. The van der Waals surface area contributed by atoms with Gasteiger partial charge in [0.15, 0.2) is 0 Å². The number of allylic oxidation sites excluding steroid dienone is 2. The summed E-state index contributed by atoms with van der Waals surface area (Å²) in [6, 6.07) is 29.5. The fraction of sp³-hybridized carbons (Fsp3) is 0.0833. The van der Waals surface area contributed by atoms with Crippen LogP contribution in [-0.4, -0.2) is 6.04 Å². The molecule has 0 spiro atoms. The van der Waals surface area contributed by atoms with Crippen molar-refractivity contribution >= 4 is 22.6 Å². The lowest BCUT2D eigenvalue weighted by molar-refractivity contribution is 0.886. The fourth-order valence-corrected chi connectivity index (χ4v) is 3.12. The monoisotopic (exact) mass is 338 g/mol. The van der Waals surface area contributed by atoms with Gasteiger partial charge in [-0.3, -0.25) is 0 Å². The largest absolute Gasteiger partial charge is 0.379 e. The van der Waals surface area contributed by atoms with Gasteiger partial charge in [-0.25, -0.2) is 0 Å². The van der Waals surface area contributed by atoms with Crippen LogP contribution in [0.25, 0.3) is 5.57 Å². The van der Waals surface area contributed by atoms with Gasteiger partial charge in [0.25, 0.3) is 0 Å². The molecular formula is C24H22N2. The van der Waals surface area contributed by atoms with Crippen LogP contribution in [0.1, 0.15) is 12.0 Å². The zero-order chi connectivity index (χ0) is 17.6. The molecule has 0 fully saturated rings. The van der Waals surface area contributed by atoms with Gasteiger partial charge in [-0.2, -0.15) is 0 Å². The molecule has 1 aliphatic carbocycles. The molecule has 4 rings (SSSR count). The van der Waals surface area contributed by atoms with Gasteiger partial charge in [-0.15, -0.1) is 0 Å². The van der Waals surface area contributed by atoms with Crippen molar-refractivity contribution < 1.29 is 0 Å². The van der Waals surface area contributed by atoms with E-state index in [2.05, 4.69) is 89.5 Å². The van der Waals surface area contributed by atoms with Gasteiger partial charge >= 0.3 is 0 Å². The first-order valence-electron chi connectivity index (χ1n) is 8.99. The van der Waals surface area contributed by atoms with Crippen molar-refractivity contribution in [2.75, 3.05) is 10.6 Å². The Morgan fingerprint density at radius 2 is 1.27 bits per heavy atom. The Balaban J connectivity index is 1.38. The molecule has 0 saturated carbocycles. The number of hydrogen-bond donors (Lipinski definition) is 2. The minimum Gasteiger partial charge on any atom is -0.379 e. The summed E-state index contributed by atoms with van der Waals surface area (Å²) >= 11 is 0. The van der Waals surface area contributed by atoms with Crippen LogP contribution in [0.15, 0.2) is 103 Å². The first-order chi connectivity index (χ1) is 12.9.